The minimum atomic E-state index is -0.151. The summed E-state index contributed by atoms with van der Waals surface area (Å²) < 4.78 is 0. The molecule has 0 radical (unpaired) electrons. The molecule has 0 saturated carbocycles. The third-order valence-electron chi connectivity index (χ3n) is 4.43. The highest BCUT2D eigenvalue weighted by atomic mass is 16.2. The monoisotopic (exact) mass is 326 g/mol. The zero-order chi connectivity index (χ0) is 17.1. The molecule has 2 aromatic rings. The number of nitrogens with one attached hydrogen (secondary N) is 1. The van der Waals surface area contributed by atoms with Gasteiger partial charge in [-0.3, -0.25) is 9.59 Å². The average molecular weight is 326 g/mol. The van der Waals surface area contributed by atoms with E-state index >= 15 is 0 Å². The molecule has 2 amide bonds. The molecule has 1 saturated heterocycles. The molecule has 1 aliphatic rings. The number of piperidine rings is 1. The molecule has 0 bridgehead atoms. The van der Waals surface area contributed by atoms with Gasteiger partial charge in [0.15, 0.2) is 0 Å². The zero-order valence-corrected chi connectivity index (χ0v) is 14.1. The first-order valence-corrected chi connectivity index (χ1v) is 8.35. The van der Waals surface area contributed by atoms with Crippen molar-refractivity contribution in [1.82, 2.24) is 20.2 Å². The predicted molar refractivity (Wildman–Crippen MR) is 91.8 cm³/mol. The topological polar surface area (TPSA) is 75.2 Å². The maximum Gasteiger partial charge on any atom is 0.251 e. The van der Waals surface area contributed by atoms with Gasteiger partial charge in [-0.05, 0) is 44.9 Å². The fraction of sp³-hybridized carbons (Fsp3) is 0.444. The summed E-state index contributed by atoms with van der Waals surface area (Å²) >= 11 is 0. The Kier molecular flexibility index (Phi) is 4.74. The summed E-state index contributed by atoms with van der Waals surface area (Å²) in [6.07, 6.45) is 2.64. The van der Waals surface area contributed by atoms with Gasteiger partial charge in [-0.2, -0.15) is 0 Å². The minimum Gasteiger partial charge on any atom is -0.350 e. The van der Waals surface area contributed by atoms with Crippen LogP contribution in [-0.2, 0) is 4.79 Å². The van der Waals surface area contributed by atoms with Crippen LogP contribution in [0.3, 0.4) is 0 Å². The van der Waals surface area contributed by atoms with Gasteiger partial charge in [-0.1, -0.05) is 0 Å². The number of carbonyl (C=O) groups is 2. The first-order valence-electron chi connectivity index (χ1n) is 8.35. The summed E-state index contributed by atoms with van der Waals surface area (Å²) in [5.41, 5.74) is 3.82. The van der Waals surface area contributed by atoms with E-state index in [4.69, 9.17) is 0 Å². The number of hydrogen-bond acceptors (Lipinski definition) is 4. The number of nitrogens with zero attached hydrogens (tertiary/aromatic N) is 3. The van der Waals surface area contributed by atoms with Crippen LogP contribution < -0.4 is 5.32 Å². The molecule has 24 heavy (non-hydrogen) atoms. The lowest BCUT2D eigenvalue weighted by atomic mass is 10.1. The number of likely N-dealkylation sites (tertiary alicyclic amines) is 1. The molecule has 2 heterocycles. The van der Waals surface area contributed by atoms with E-state index in [1.807, 2.05) is 24.8 Å². The molecule has 1 fully saturated rings. The maximum atomic E-state index is 12.3. The summed E-state index contributed by atoms with van der Waals surface area (Å²) in [6.45, 7) is 5.64. The van der Waals surface area contributed by atoms with Crippen LogP contribution in [0.1, 0.15) is 41.0 Å². The van der Waals surface area contributed by atoms with E-state index in [-0.39, 0.29) is 11.8 Å². The smallest absolute Gasteiger partial charge is 0.251 e. The summed E-state index contributed by atoms with van der Waals surface area (Å²) in [7, 11) is 0. The van der Waals surface area contributed by atoms with Gasteiger partial charge < -0.3 is 10.2 Å². The van der Waals surface area contributed by atoms with Crippen LogP contribution in [0.4, 0.5) is 0 Å². The standard InChI is InChI=1S/C18H22N4O2/c1-12-13(2)21-16-11-14(6-7-15(16)20-12)18(24)19-8-10-22-9-4-3-5-17(22)23/h6-7,11H,3-5,8-10H2,1-2H3,(H,19,24). The van der Waals surface area contributed by atoms with Gasteiger partial charge in [0.05, 0.1) is 22.4 Å². The van der Waals surface area contributed by atoms with Crippen LogP contribution in [0.2, 0.25) is 0 Å². The molecule has 126 valence electrons. The van der Waals surface area contributed by atoms with E-state index in [2.05, 4.69) is 15.3 Å². The molecule has 0 unspecified atom stereocenters. The van der Waals surface area contributed by atoms with Gasteiger partial charge in [-0.15, -0.1) is 0 Å². The normalized spacial score (nSPS) is 14.9. The van der Waals surface area contributed by atoms with Crippen molar-refractivity contribution >= 4 is 22.8 Å². The van der Waals surface area contributed by atoms with Gasteiger partial charge in [-0.25, -0.2) is 9.97 Å². The Morgan fingerprint density at radius 1 is 1.17 bits per heavy atom. The summed E-state index contributed by atoms with van der Waals surface area (Å²) in [4.78, 5) is 34.8. The number of benzene rings is 1. The van der Waals surface area contributed by atoms with E-state index in [1.54, 1.807) is 12.1 Å². The molecular formula is C18H22N4O2. The van der Waals surface area contributed by atoms with Crippen LogP contribution in [0.15, 0.2) is 18.2 Å². The molecule has 0 aliphatic carbocycles. The molecule has 1 aromatic carbocycles. The Morgan fingerprint density at radius 3 is 2.67 bits per heavy atom. The van der Waals surface area contributed by atoms with E-state index in [0.29, 0.717) is 25.1 Å². The number of aryl methyl sites for hydroxylation is 2. The van der Waals surface area contributed by atoms with Gasteiger partial charge in [0.25, 0.3) is 5.91 Å². The minimum absolute atomic E-state index is 0.151. The fourth-order valence-electron chi connectivity index (χ4n) is 2.88. The highest BCUT2D eigenvalue weighted by Crippen LogP contribution is 2.14. The number of carbonyl (C=O) groups excluding carboxylic acids is 2. The highest BCUT2D eigenvalue weighted by Gasteiger charge is 2.17. The third-order valence-corrected chi connectivity index (χ3v) is 4.43. The number of aromatic nitrogens is 2. The maximum absolute atomic E-state index is 12.3. The first kappa shape index (κ1) is 16.4. The second kappa shape index (κ2) is 6.95. The molecule has 1 aliphatic heterocycles. The van der Waals surface area contributed by atoms with Gasteiger partial charge in [0.2, 0.25) is 5.91 Å². The Bertz CT molecular complexity index is 788. The Hall–Kier alpha value is -2.50. The molecule has 3 rings (SSSR count). The lowest BCUT2D eigenvalue weighted by molar-refractivity contribution is -0.133. The predicted octanol–water partition coefficient (Wildman–Crippen LogP) is 1.99. The van der Waals surface area contributed by atoms with Crippen molar-refractivity contribution in [3.8, 4) is 0 Å². The number of hydrogen-bond donors (Lipinski definition) is 1. The van der Waals surface area contributed by atoms with E-state index in [1.165, 1.54) is 0 Å². The Morgan fingerprint density at radius 2 is 1.92 bits per heavy atom. The molecular weight excluding hydrogens is 304 g/mol. The summed E-state index contributed by atoms with van der Waals surface area (Å²) in [6, 6.07) is 5.33. The van der Waals surface area contributed by atoms with Crippen molar-refractivity contribution < 1.29 is 9.59 Å². The zero-order valence-electron chi connectivity index (χ0n) is 14.1. The van der Waals surface area contributed by atoms with Crippen molar-refractivity contribution in [2.75, 3.05) is 19.6 Å². The lowest BCUT2D eigenvalue weighted by Gasteiger charge is -2.26. The van der Waals surface area contributed by atoms with Crippen molar-refractivity contribution in [2.24, 2.45) is 0 Å². The van der Waals surface area contributed by atoms with Crippen molar-refractivity contribution in [2.45, 2.75) is 33.1 Å². The first-order chi connectivity index (χ1) is 11.5. The largest absolute Gasteiger partial charge is 0.350 e. The van der Waals surface area contributed by atoms with Crippen LogP contribution in [0, 0.1) is 13.8 Å². The van der Waals surface area contributed by atoms with Gasteiger partial charge >= 0.3 is 0 Å². The highest BCUT2D eigenvalue weighted by molar-refractivity contribution is 5.97. The van der Waals surface area contributed by atoms with Crippen LogP contribution in [0.5, 0.6) is 0 Å². The average Bonchev–Trinajstić information content (AvgIpc) is 2.57. The van der Waals surface area contributed by atoms with Gasteiger partial charge in [0, 0.05) is 31.6 Å². The van der Waals surface area contributed by atoms with Crippen LogP contribution >= 0.6 is 0 Å². The third kappa shape index (κ3) is 3.53. The molecule has 0 atom stereocenters. The molecule has 6 heteroatoms. The van der Waals surface area contributed by atoms with E-state index in [9.17, 15) is 9.59 Å². The second-order valence-corrected chi connectivity index (χ2v) is 6.19. The Balaban J connectivity index is 1.63. The van der Waals surface area contributed by atoms with Crippen LogP contribution in [-0.4, -0.2) is 46.3 Å². The number of amides is 2. The molecule has 1 N–H and O–H groups in total. The summed E-state index contributed by atoms with van der Waals surface area (Å²) in [5.74, 6) is 0.0312. The van der Waals surface area contributed by atoms with Gasteiger partial charge in [0.1, 0.15) is 0 Å². The van der Waals surface area contributed by atoms with Crippen molar-refractivity contribution in [3.63, 3.8) is 0 Å². The van der Waals surface area contributed by atoms with Crippen molar-refractivity contribution in [3.05, 3.63) is 35.2 Å². The Labute approximate surface area is 141 Å². The number of fused-ring (bicyclic) bond motifs is 1. The van der Waals surface area contributed by atoms with E-state index < -0.39 is 0 Å². The molecule has 0 spiro atoms. The quantitative estimate of drug-likeness (QED) is 0.932. The fourth-order valence-corrected chi connectivity index (χ4v) is 2.88. The SMILES string of the molecule is Cc1nc2ccc(C(=O)NCCN3CCCCC3=O)cc2nc1C. The second-order valence-electron chi connectivity index (χ2n) is 6.19. The summed E-state index contributed by atoms with van der Waals surface area (Å²) in [5, 5.41) is 2.88. The lowest BCUT2D eigenvalue weighted by Crippen LogP contribution is -2.41. The molecule has 1 aromatic heterocycles. The van der Waals surface area contributed by atoms with Crippen LogP contribution in [0.25, 0.3) is 11.0 Å². The molecule has 6 nitrogen and oxygen atoms in total. The number of rotatable bonds is 4. The van der Waals surface area contributed by atoms with E-state index in [0.717, 1.165) is 41.8 Å². The van der Waals surface area contributed by atoms with Crippen molar-refractivity contribution in [1.29, 1.82) is 0 Å².